The Balaban J connectivity index is 1.24. The predicted molar refractivity (Wildman–Crippen MR) is 188 cm³/mol. The Kier molecular flexibility index (Phi) is 13.0. The number of sulfonamides is 1. The number of anilines is 1. The van der Waals surface area contributed by atoms with E-state index in [4.69, 9.17) is 14.5 Å². The second-order valence-electron chi connectivity index (χ2n) is 14.1. The van der Waals surface area contributed by atoms with E-state index in [-0.39, 0.29) is 55.8 Å². The van der Waals surface area contributed by atoms with Crippen LogP contribution in [0.4, 0.5) is 10.6 Å². The van der Waals surface area contributed by atoms with Crippen LogP contribution in [0.5, 0.6) is 0 Å². The number of amides is 3. The molecule has 0 aliphatic carbocycles. The number of nitrogens with one attached hydrogen (secondary N) is 2. The number of carbonyl (C=O) groups is 4. The Morgan fingerprint density at radius 1 is 1.04 bits per heavy atom. The van der Waals surface area contributed by atoms with Crippen LogP contribution in [0.25, 0.3) is 0 Å². The summed E-state index contributed by atoms with van der Waals surface area (Å²) in [4.78, 5) is 57.4. The molecule has 2 aliphatic heterocycles. The number of hydrogen-bond donors (Lipinski definition) is 2. The molecule has 1 fully saturated rings. The zero-order chi connectivity index (χ0) is 36.6. The van der Waals surface area contributed by atoms with Gasteiger partial charge in [-0.2, -0.15) is 4.31 Å². The van der Waals surface area contributed by atoms with Crippen molar-refractivity contribution in [3.63, 3.8) is 0 Å². The van der Waals surface area contributed by atoms with Gasteiger partial charge in [0.15, 0.2) is 0 Å². The van der Waals surface area contributed by atoms with Gasteiger partial charge in [0.2, 0.25) is 21.8 Å². The largest absolute Gasteiger partial charge is 0.466 e. The molecule has 3 heterocycles. The quantitative estimate of drug-likeness (QED) is 0.218. The first-order valence-electron chi connectivity index (χ1n) is 17.4. The summed E-state index contributed by atoms with van der Waals surface area (Å²) in [5.74, 6) is -1.07. The molecule has 1 saturated heterocycles. The van der Waals surface area contributed by atoms with Crippen LogP contribution in [0, 0.1) is 19.8 Å². The molecule has 1 unspecified atom stereocenters. The Morgan fingerprint density at radius 2 is 1.74 bits per heavy atom. The van der Waals surface area contributed by atoms with Gasteiger partial charge in [0.05, 0.1) is 29.9 Å². The number of hydrogen-bond acceptors (Lipinski definition) is 9. The Hall–Kier alpha value is -4.04. The fourth-order valence-electron chi connectivity index (χ4n) is 5.98. The van der Waals surface area contributed by atoms with E-state index in [1.807, 2.05) is 52.8 Å². The molecule has 1 aromatic carbocycles. The van der Waals surface area contributed by atoms with Crippen molar-refractivity contribution in [1.82, 2.24) is 19.9 Å². The van der Waals surface area contributed by atoms with Crippen molar-refractivity contribution in [2.45, 2.75) is 103 Å². The third-order valence-electron chi connectivity index (χ3n) is 8.46. The minimum absolute atomic E-state index is 0.0214. The fourth-order valence-corrected chi connectivity index (χ4v) is 7.70. The standard InChI is InChI=1S/C36H51N5O8S/c1-7-48-32(43)20-29(39-34(44)27-22-40(23-27)50(46,47)30-18-24(2)17-25(3)19-30)21-37-31(42)13-9-8-12-28-15-14-26-11-10-16-41(33(26)38-28)35(45)49-36(4,5)6/h14-15,17-19,27,29H,7-13,16,20-23H2,1-6H3,(H,37,42)(H,39,44). The van der Waals surface area contributed by atoms with Gasteiger partial charge in [-0.05, 0) is 109 Å². The maximum atomic E-state index is 13.1. The maximum Gasteiger partial charge on any atom is 0.416 e. The lowest BCUT2D eigenvalue weighted by molar-refractivity contribution is -0.144. The predicted octanol–water partition coefficient (Wildman–Crippen LogP) is 3.97. The second-order valence-corrected chi connectivity index (χ2v) is 16.0. The molecule has 50 heavy (non-hydrogen) atoms. The van der Waals surface area contributed by atoms with Crippen LogP contribution >= 0.6 is 0 Å². The highest BCUT2D eigenvalue weighted by Crippen LogP contribution is 2.28. The van der Waals surface area contributed by atoms with E-state index < -0.39 is 39.6 Å². The Morgan fingerprint density at radius 3 is 2.40 bits per heavy atom. The maximum absolute atomic E-state index is 13.1. The third-order valence-corrected chi connectivity index (χ3v) is 10.3. The summed E-state index contributed by atoms with van der Waals surface area (Å²) in [5, 5.41) is 5.62. The number of nitrogens with zero attached hydrogens (tertiary/aromatic N) is 3. The van der Waals surface area contributed by atoms with Gasteiger partial charge in [0.1, 0.15) is 11.4 Å². The number of unbranched alkanes of at least 4 members (excludes halogenated alkanes) is 1. The number of aromatic nitrogens is 1. The Bertz CT molecular complexity index is 1650. The SMILES string of the molecule is CCOC(=O)CC(CNC(=O)CCCCc1ccc2c(n1)N(C(=O)OC(C)(C)C)CCC2)NC(=O)C1CN(S(=O)(=O)c2cc(C)cc(C)c2)C1. The zero-order valence-corrected chi connectivity index (χ0v) is 30.9. The van der Waals surface area contributed by atoms with Gasteiger partial charge in [-0.15, -0.1) is 0 Å². The molecule has 0 saturated carbocycles. The summed E-state index contributed by atoms with van der Waals surface area (Å²) in [6.07, 6.45) is 3.28. The normalized spacial score (nSPS) is 15.8. The minimum atomic E-state index is -3.74. The minimum Gasteiger partial charge on any atom is -0.466 e. The molecule has 2 aliphatic rings. The summed E-state index contributed by atoms with van der Waals surface area (Å²) >= 11 is 0. The molecule has 14 heteroatoms. The van der Waals surface area contributed by atoms with E-state index in [1.54, 1.807) is 24.0 Å². The van der Waals surface area contributed by atoms with Crippen LogP contribution in [0.15, 0.2) is 35.2 Å². The first-order valence-corrected chi connectivity index (χ1v) is 18.8. The van der Waals surface area contributed by atoms with Gasteiger partial charge in [0, 0.05) is 38.3 Å². The first-order chi connectivity index (χ1) is 23.5. The summed E-state index contributed by atoms with van der Waals surface area (Å²) in [5.41, 5.74) is 2.89. The average molecular weight is 714 g/mol. The number of pyridine rings is 1. The van der Waals surface area contributed by atoms with Gasteiger partial charge in [-0.1, -0.05) is 12.1 Å². The lowest BCUT2D eigenvalue weighted by Crippen LogP contribution is -2.57. The van der Waals surface area contributed by atoms with Crippen molar-refractivity contribution in [3.05, 3.63) is 52.7 Å². The van der Waals surface area contributed by atoms with Crippen molar-refractivity contribution >= 4 is 39.7 Å². The number of esters is 1. The molecule has 2 aromatic rings. The first kappa shape index (κ1) is 38.8. The fraction of sp³-hybridized carbons (Fsp3) is 0.583. The molecular formula is C36H51N5O8S. The smallest absolute Gasteiger partial charge is 0.416 e. The molecule has 0 spiro atoms. The lowest BCUT2D eigenvalue weighted by Gasteiger charge is -2.37. The van der Waals surface area contributed by atoms with Crippen LogP contribution < -0.4 is 15.5 Å². The number of rotatable bonds is 14. The summed E-state index contributed by atoms with van der Waals surface area (Å²) in [6.45, 7) is 11.6. The highest BCUT2D eigenvalue weighted by molar-refractivity contribution is 7.89. The molecule has 0 bridgehead atoms. The third kappa shape index (κ3) is 10.7. The number of carbonyl (C=O) groups excluding carboxylic acids is 4. The highest BCUT2D eigenvalue weighted by atomic mass is 32.2. The molecule has 274 valence electrons. The lowest BCUT2D eigenvalue weighted by atomic mass is 10.0. The molecular weight excluding hydrogens is 662 g/mol. The molecule has 1 atom stereocenters. The second kappa shape index (κ2) is 16.8. The van der Waals surface area contributed by atoms with Gasteiger partial charge >= 0.3 is 12.1 Å². The monoisotopic (exact) mass is 713 g/mol. The molecule has 1 aromatic heterocycles. The molecule has 0 radical (unpaired) electrons. The van der Waals surface area contributed by atoms with Crippen molar-refractivity contribution in [3.8, 4) is 0 Å². The molecule has 13 nitrogen and oxygen atoms in total. The van der Waals surface area contributed by atoms with Gasteiger partial charge in [-0.3, -0.25) is 19.3 Å². The number of aryl methyl sites for hydroxylation is 4. The number of fused-ring (bicyclic) bond motifs is 1. The summed E-state index contributed by atoms with van der Waals surface area (Å²) in [7, 11) is -3.74. The van der Waals surface area contributed by atoms with E-state index in [2.05, 4.69) is 10.6 Å². The van der Waals surface area contributed by atoms with Crippen LogP contribution in [0.1, 0.15) is 82.2 Å². The van der Waals surface area contributed by atoms with E-state index in [0.29, 0.717) is 31.6 Å². The average Bonchev–Trinajstić information content (AvgIpc) is 2.99. The van der Waals surface area contributed by atoms with Crippen LogP contribution in [0.3, 0.4) is 0 Å². The zero-order valence-electron chi connectivity index (χ0n) is 30.0. The van der Waals surface area contributed by atoms with Crippen LogP contribution in [0.2, 0.25) is 0 Å². The van der Waals surface area contributed by atoms with Crippen molar-refractivity contribution in [2.24, 2.45) is 5.92 Å². The van der Waals surface area contributed by atoms with Crippen molar-refractivity contribution in [2.75, 3.05) is 37.7 Å². The Labute approximate surface area is 295 Å². The van der Waals surface area contributed by atoms with Gasteiger partial charge in [0.25, 0.3) is 0 Å². The van der Waals surface area contributed by atoms with Gasteiger partial charge in [-0.25, -0.2) is 18.2 Å². The summed E-state index contributed by atoms with van der Waals surface area (Å²) in [6, 6.07) is 8.36. The van der Waals surface area contributed by atoms with E-state index >= 15 is 0 Å². The molecule has 3 amide bonds. The molecule has 2 N–H and O–H groups in total. The van der Waals surface area contributed by atoms with Crippen molar-refractivity contribution < 1.29 is 37.1 Å². The van der Waals surface area contributed by atoms with Crippen LogP contribution in [-0.2, 0) is 46.7 Å². The topological polar surface area (TPSA) is 164 Å². The van der Waals surface area contributed by atoms with E-state index in [0.717, 1.165) is 35.2 Å². The number of ether oxygens (including phenoxy) is 2. The van der Waals surface area contributed by atoms with Gasteiger partial charge < -0.3 is 20.1 Å². The summed E-state index contributed by atoms with van der Waals surface area (Å²) < 4.78 is 38.1. The highest BCUT2D eigenvalue weighted by Gasteiger charge is 2.41. The van der Waals surface area contributed by atoms with Crippen molar-refractivity contribution in [1.29, 1.82) is 0 Å². The molecule has 4 rings (SSSR count). The van der Waals surface area contributed by atoms with E-state index in [9.17, 15) is 27.6 Å². The van der Waals surface area contributed by atoms with E-state index in [1.165, 1.54) is 4.31 Å². The van der Waals surface area contributed by atoms with Crippen LogP contribution in [-0.4, -0.2) is 86.0 Å². The number of benzene rings is 1.